The zero-order valence-corrected chi connectivity index (χ0v) is 20.9. The normalized spacial score (nSPS) is 15.9. The lowest BCUT2D eigenvalue weighted by atomic mass is 10.1. The Morgan fingerprint density at radius 2 is 2.09 bits per heavy atom. The maximum Gasteiger partial charge on any atom is 0.240 e. The van der Waals surface area contributed by atoms with Gasteiger partial charge in [0.05, 0.1) is 41.3 Å². The minimum absolute atomic E-state index is 0.0502. The van der Waals surface area contributed by atoms with Crippen LogP contribution in [-0.2, 0) is 26.2 Å². The van der Waals surface area contributed by atoms with Crippen LogP contribution in [0.25, 0.3) is 11.3 Å². The van der Waals surface area contributed by atoms with Crippen molar-refractivity contribution in [1.82, 2.24) is 19.9 Å². The number of carbonyl (C=O) groups excluding carboxylic acids is 2. The number of ether oxygens (including phenoxy) is 1. The Balaban J connectivity index is 2.00. The van der Waals surface area contributed by atoms with Crippen LogP contribution in [-0.4, -0.2) is 76.9 Å². The van der Waals surface area contributed by atoms with Gasteiger partial charge in [0, 0.05) is 25.2 Å². The minimum atomic E-state index is -3.72. The van der Waals surface area contributed by atoms with Gasteiger partial charge in [0.15, 0.2) is 6.29 Å². The predicted molar refractivity (Wildman–Crippen MR) is 130 cm³/mol. The molecule has 1 atom stereocenters. The van der Waals surface area contributed by atoms with Crippen LogP contribution in [0, 0.1) is 0 Å². The van der Waals surface area contributed by atoms with Crippen molar-refractivity contribution < 1.29 is 22.7 Å². The number of H-pyrrole nitrogens is 1. The molecule has 186 valence electrons. The Labute approximate surface area is 200 Å². The monoisotopic (exact) mass is 491 g/mol. The van der Waals surface area contributed by atoms with Crippen molar-refractivity contribution in [3.8, 4) is 17.0 Å². The number of sulfonamides is 1. The molecule has 10 nitrogen and oxygen atoms in total. The summed E-state index contributed by atoms with van der Waals surface area (Å²) in [5.74, 6) is 0.0392. The second-order valence-electron chi connectivity index (χ2n) is 8.52. The van der Waals surface area contributed by atoms with Crippen LogP contribution in [0.1, 0.15) is 26.0 Å². The van der Waals surface area contributed by atoms with Crippen LogP contribution in [0.15, 0.2) is 29.2 Å². The molecule has 0 saturated heterocycles. The van der Waals surface area contributed by atoms with Gasteiger partial charge in [-0.3, -0.25) is 14.9 Å². The number of fused-ring (bicyclic) bond motifs is 1. The first-order valence-corrected chi connectivity index (χ1v) is 12.8. The Hall–Kier alpha value is -2.73. The van der Waals surface area contributed by atoms with Crippen molar-refractivity contribution in [1.29, 1.82) is 0 Å². The summed E-state index contributed by atoms with van der Waals surface area (Å²) < 4.78 is 34.3. The van der Waals surface area contributed by atoms with E-state index in [2.05, 4.69) is 15.0 Å². The zero-order valence-electron chi connectivity index (χ0n) is 20.1. The maximum absolute atomic E-state index is 12.9. The molecular weight excluding hydrogens is 458 g/mol. The first-order chi connectivity index (χ1) is 16.2. The molecule has 1 aromatic heterocycles. The van der Waals surface area contributed by atoms with E-state index in [0.717, 1.165) is 17.8 Å². The van der Waals surface area contributed by atoms with E-state index in [-0.39, 0.29) is 17.6 Å². The molecule has 0 aliphatic carbocycles. The molecule has 0 amide bonds. The Morgan fingerprint density at radius 1 is 1.32 bits per heavy atom. The molecule has 1 unspecified atom stereocenters. The first kappa shape index (κ1) is 25.9. The van der Waals surface area contributed by atoms with Crippen LogP contribution in [0.4, 0.5) is 5.69 Å². The van der Waals surface area contributed by atoms with E-state index >= 15 is 0 Å². The van der Waals surface area contributed by atoms with Crippen LogP contribution in [0.3, 0.4) is 0 Å². The fourth-order valence-corrected chi connectivity index (χ4v) is 4.78. The lowest BCUT2D eigenvalue weighted by molar-refractivity contribution is -0.129. The molecule has 0 spiro atoms. The van der Waals surface area contributed by atoms with Crippen molar-refractivity contribution in [2.45, 2.75) is 37.9 Å². The number of nitrogens with zero attached hydrogens (tertiary/aromatic N) is 2. The van der Waals surface area contributed by atoms with E-state index in [1.165, 1.54) is 6.07 Å². The van der Waals surface area contributed by atoms with E-state index in [4.69, 9.17) is 4.74 Å². The molecular formula is C23H33N5O5S. The number of ketones is 1. The smallest absolute Gasteiger partial charge is 0.240 e. The number of benzene rings is 1. The van der Waals surface area contributed by atoms with Crippen molar-refractivity contribution >= 4 is 27.8 Å². The molecule has 2 heterocycles. The SMILES string of the molecule is CCCOc1ccc(S(=O)(=O)NCCN(C)C)cc1-c1cc2c([nH]1)CNC(C)N2CC(=O)C=O. The summed E-state index contributed by atoms with van der Waals surface area (Å²) >= 11 is 0. The molecule has 2 aromatic rings. The quantitative estimate of drug-likeness (QED) is 0.300. The lowest BCUT2D eigenvalue weighted by Crippen LogP contribution is -2.49. The highest BCUT2D eigenvalue weighted by Gasteiger charge is 2.27. The molecule has 3 N–H and O–H groups in total. The zero-order chi connectivity index (χ0) is 24.9. The first-order valence-electron chi connectivity index (χ1n) is 11.3. The Kier molecular flexibility index (Phi) is 8.47. The second-order valence-corrected chi connectivity index (χ2v) is 10.3. The second kappa shape index (κ2) is 11.1. The number of rotatable bonds is 12. The lowest BCUT2D eigenvalue weighted by Gasteiger charge is -2.34. The largest absolute Gasteiger partial charge is 0.493 e. The van der Waals surface area contributed by atoms with E-state index < -0.39 is 15.8 Å². The number of nitrogens with one attached hydrogen (secondary N) is 3. The average Bonchev–Trinajstić information content (AvgIpc) is 3.23. The van der Waals surface area contributed by atoms with E-state index in [0.29, 0.717) is 49.5 Å². The van der Waals surface area contributed by atoms with Gasteiger partial charge in [-0.1, -0.05) is 6.92 Å². The third-order valence-electron chi connectivity index (χ3n) is 5.55. The summed E-state index contributed by atoms with van der Waals surface area (Å²) in [5, 5.41) is 3.28. The fraction of sp³-hybridized carbons (Fsp3) is 0.478. The highest BCUT2D eigenvalue weighted by Crippen LogP contribution is 2.37. The third kappa shape index (κ3) is 6.03. The highest BCUT2D eigenvalue weighted by molar-refractivity contribution is 7.89. The van der Waals surface area contributed by atoms with Crippen molar-refractivity contribution in [3.05, 3.63) is 30.0 Å². The fourth-order valence-electron chi connectivity index (χ4n) is 3.73. The minimum Gasteiger partial charge on any atom is -0.493 e. The number of hydrogen-bond acceptors (Lipinski definition) is 8. The molecule has 0 saturated carbocycles. The molecule has 1 aromatic carbocycles. The number of aromatic nitrogens is 1. The Bertz CT molecular complexity index is 1130. The average molecular weight is 492 g/mol. The van der Waals surface area contributed by atoms with Crippen molar-refractivity contribution in [3.63, 3.8) is 0 Å². The van der Waals surface area contributed by atoms with Crippen LogP contribution >= 0.6 is 0 Å². The maximum atomic E-state index is 12.9. The van der Waals surface area contributed by atoms with Gasteiger partial charge in [-0.2, -0.15) is 0 Å². The van der Waals surface area contributed by atoms with E-state index in [1.807, 2.05) is 43.8 Å². The van der Waals surface area contributed by atoms with Gasteiger partial charge in [0.2, 0.25) is 15.8 Å². The Morgan fingerprint density at radius 3 is 2.76 bits per heavy atom. The summed E-state index contributed by atoms with van der Waals surface area (Å²) in [6, 6.07) is 6.67. The molecule has 0 radical (unpaired) electrons. The van der Waals surface area contributed by atoms with Crippen LogP contribution in [0.5, 0.6) is 5.75 Å². The summed E-state index contributed by atoms with van der Waals surface area (Å²) in [5.41, 5.74) is 2.90. The number of anilines is 1. The van der Waals surface area contributed by atoms with Crippen molar-refractivity contribution in [2.24, 2.45) is 0 Å². The summed E-state index contributed by atoms with van der Waals surface area (Å²) in [7, 11) is 0.0349. The molecule has 3 rings (SSSR count). The summed E-state index contributed by atoms with van der Waals surface area (Å²) in [4.78, 5) is 29.9. The summed E-state index contributed by atoms with van der Waals surface area (Å²) in [6.07, 6.45) is 0.974. The third-order valence-corrected chi connectivity index (χ3v) is 7.01. The number of aldehydes is 1. The topological polar surface area (TPSA) is 124 Å². The number of Topliss-reactive ketones (excluding diaryl/α,β-unsaturated/α-hetero) is 1. The predicted octanol–water partition coefficient (Wildman–Crippen LogP) is 1.33. The standard InChI is InChI=1S/C23H33N5O5S/c1-5-10-33-23-7-6-18(34(31,32)25-8-9-27(3)4)11-19(23)20-12-22-21(26-20)13-24-16(2)28(22)14-17(30)15-29/h6-7,11-12,15-16,24-26H,5,8-10,13-14H2,1-4H3. The number of likely N-dealkylation sites (N-methyl/N-ethyl adjacent to an activating group) is 1. The number of carbonyl (C=O) groups is 2. The molecule has 1 aliphatic rings. The van der Waals surface area contributed by atoms with E-state index in [9.17, 15) is 18.0 Å². The van der Waals surface area contributed by atoms with Gasteiger partial charge in [0.1, 0.15) is 5.75 Å². The van der Waals surface area contributed by atoms with Crippen LogP contribution in [0.2, 0.25) is 0 Å². The van der Waals surface area contributed by atoms with Gasteiger partial charge in [-0.05, 0) is 51.7 Å². The van der Waals surface area contributed by atoms with Gasteiger partial charge >= 0.3 is 0 Å². The van der Waals surface area contributed by atoms with Gasteiger partial charge < -0.3 is 19.5 Å². The molecule has 0 fully saturated rings. The van der Waals surface area contributed by atoms with Crippen LogP contribution < -0.4 is 19.7 Å². The van der Waals surface area contributed by atoms with Crippen molar-refractivity contribution in [2.75, 3.05) is 45.2 Å². The molecule has 1 aliphatic heterocycles. The highest BCUT2D eigenvalue weighted by atomic mass is 32.2. The number of hydrogen-bond donors (Lipinski definition) is 3. The van der Waals surface area contributed by atoms with Gasteiger partial charge in [-0.25, -0.2) is 13.1 Å². The number of aromatic amines is 1. The molecule has 34 heavy (non-hydrogen) atoms. The molecule has 0 bridgehead atoms. The van der Waals surface area contributed by atoms with Gasteiger partial charge in [0.25, 0.3) is 0 Å². The summed E-state index contributed by atoms with van der Waals surface area (Å²) in [6.45, 7) is 5.75. The van der Waals surface area contributed by atoms with Gasteiger partial charge in [-0.15, -0.1) is 0 Å². The van der Waals surface area contributed by atoms with E-state index in [1.54, 1.807) is 12.1 Å². The molecule has 11 heteroatoms.